The molecule has 0 radical (unpaired) electrons. The van der Waals surface area contributed by atoms with Crippen molar-refractivity contribution in [3.8, 4) is 95.0 Å². The topological polar surface area (TPSA) is 19.2 Å². The summed E-state index contributed by atoms with van der Waals surface area (Å²) in [6.07, 6.45) is 0. The van der Waals surface area contributed by atoms with Gasteiger partial charge < -0.3 is 18.1 Å². The van der Waals surface area contributed by atoms with Gasteiger partial charge in [0.05, 0.1) is 49.7 Å². The Bertz CT molecular complexity index is 6860. The van der Waals surface area contributed by atoms with Crippen molar-refractivity contribution < 1.29 is 0 Å². The Morgan fingerprint density at radius 3 is 0.830 bits per heavy atom. The van der Waals surface area contributed by atoms with E-state index in [0.717, 1.165) is 17.1 Å². The van der Waals surface area contributed by atoms with Crippen LogP contribution in [0.4, 0.5) is 0 Å². The van der Waals surface area contributed by atoms with Crippen LogP contribution < -0.4 is 0 Å². The summed E-state index contributed by atoms with van der Waals surface area (Å²) in [7, 11) is 0. The van der Waals surface area contributed by atoms with E-state index in [1.54, 1.807) is 0 Å². The largest absolute Gasteiger partial charge is 0.309 e. The summed E-state index contributed by atoms with van der Waals surface area (Å²) in [4.78, 5) is 0. The number of fused-ring (bicyclic) bond motifs is 15. The van der Waals surface area contributed by atoms with Crippen LogP contribution in [0.2, 0.25) is 0 Å². The average molecular weight is 1270 g/mol. The third-order valence-electron chi connectivity index (χ3n) is 21.3. The molecule has 0 aliphatic heterocycles. The first-order chi connectivity index (χ1) is 49.6. The van der Waals surface area contributed by atoms with Crippen LogP contribution in [0.25, 0.3) is 198 Å². The van der Waals surface area contributed by atoms with E-state index >= 15 is 0 Å². The smallest absolute Gasteiger partial charge is 0.0620 e. The lowest BCUT2D eigenvalue weighted by atomic mass is 9.97. The minimum atomic E-state index is 1.13. The van der Waals surface area contributed by atoms with E-state index in [9.17, 15) is 0 Å². The zero-order valence-electron chi connectivity index (χ0n) is 54.4. The molecule has 21 aromatic rings. The number of para-hydroxylation sites is 5. The highest BCUT2D eigenvalue weighted by molar-refractivity contribution is 6.24. The van der Waals surface area contributed by atoms with Crippen LogP contribution in [0.1, 0.15) is 0 Å². The molecule has 0 bridgehead atoms. The minimum Gasteiger partial charge on any atom is -0.309 e. The molecule has 464 valence electrons. The highest BCUT2D eigenvalue weighted by Crippen LogP contribution is 2.44. The third-order valence-corrected chi connectivity index (χ3v) is 21.3. The van der Waals surface area contributed by atoms with E-state index < -0.39 is 0 Å². The maximum Gasteiger partial charge on any atom is 0.0620 e. The van der Waals surface area contributed by atoms with E-state index in [0.29, 0.717) is 0 Å². The van der Waals surface area contributed by atoms with Crippen LogP contribution in [0.5, 0.6) is 0 Å². The number of benzene rings is 16. The number of hydrogen-bond donors (Lipinski definition) is 0. The van der Waals surface area contributed by atoms with E-state index in [-0.39, 0.29) is 0 Å². The van der Waals surface area contributed by atoms with Gasteiger partial charge in [0.2, 0.25) is 0 Å². The molecule has 0 aliphatic carbocycles. The molecule has 0 atom stereocenters. The standard InChI is InChI=1S/C96H60N4/c1-2-16-61(17-3-1)62-34-36-64(37-35-62)69-20-13-22-76(55-69)98-89-31-9-6-26-80(89)85-58-72(45-51-93(85)98)71-44-50-92-84(57-71)79-25-5-8-30-88(79)97(92)75-48-42-66(43-49-75)68-19-12-18-67(54-68)63-38-40-65(41-39-63)70-21-14-23-77(56-70)99-90-32-10-7-27-81(90)86-59-73(46-52-94(86)99)74-47-53-95-87(60-74)83-29-15-28-82-78-24-4-11-33-91(78)100(95)96(82)83/h1-60H. The van der Waals surface area contributed by atoms with Crippen molar-refractivity contribution in [2.45, 2.75) is 0 Å². The Morgan fingerprint density at radius 1 is 0.130 bits per heavy atom. The van der Waals surface area contributed by atoms with Crippen LogP contribution >= 0.6 is 0 Å². The van der Waals surface area contributed by atoms with Crippen molar-refractivity contribution in [1.82, 2.24) is 18.1 Å². The van der Waals surface area contributed by atoms with Gasteiger partial charge in [0.15, 0.2) is 0 Å². The SMILES string of the molecule is c1ccc(-c2ccc(-c3cccc(-n4c5ccccc5c5cc(-c6ccc7c(c6)c6ccccc6n7-c6ccc(-c7cccc(-c8ccc(-c9cccc(-n%10c%11ccccc%11c%11cc(-c%12ccc%13c(c%12)c%12cccc%14c%15ccccc%15n%13c%14%12)ccc%11%10)c9)cc8)c7)cc6)ccc54)c3)cc2)cc1. The molecular formula is C96H60N4. The summed E-state index contributed by atoms with van der Waals surface area (Å²) in [5.41, 5.74) is 31.0. The molecule has 0 aliphatic rings. The summed E-state index contributed by atoms with van der Waals surface area (Å²) in [6.45, 7) is 0. The van der Waals surface area contributed by atoms with Gasteiger partial charge in [-0.1, -0.05) is 249 Å². The van der Waals surface area contributed by atoms with Gasteiger partial charge in [0.1, 0.15) is 0 Å². The molecule has 100 heavy (non-hydrogen) atoms. The molecule has 0 saturated carbocycles. The van der Waals surface area contributed by atoms with Gasteiger partial charge in [-0.3, -0.25) is 0 Å². The Morgan fingerprint density at radius 2 is 0.380 bits per heavy atom. The molecular weight excluding hydrogens is 1210 g/mol. The lowest BCUT2D eigenvalue weighted by Crippen LogP contribution is -1.94. The van der Waals surface area contributed by atoms with Crippen molar-refractivity contribution in [1.29, 1.82) is 0 Å². The first-order valence-electron chi connectivity index (χ1n) is 34.5. The number of hydrogen-bond acceptors (Lipinski definition) is 0. The van der Waals surface area contributed by atoms with Crippen LogP contribution in [0, 0.1) is 0 Å². The van der Waals surface area contributed by atoms with Crippen molar-refractivity contribution in [2.24, 2.45) is 0 Å². The molecule has 5 heterocycles. The van der Waals surface area contributed by atoms with Crippen molar-refractivity contribution in [3.63, 3.8) is 0 Å². The van der Waals surface area contributed by atoms with Crippen molar-refractivity contribution in [3.05, 3.63) is 364 Å². The Hall–Kier alpha value is -13.3. The summed E-state index contributed by atoms with van der Waals surface area (Å²) < 4.78 is 9.73. The highest BCUT2D eigenvalue weighted by atomic mass is 15.0. The quantitative estimate of drug-likeness (QED) is 0.130. The molecule has 5 aromatic heterocycles. The minimum absolute atomic E-state index is 1.13. The van der Waals surface area contributed by atoms with Gasteiger partial charge in [0, 0.05) is 70.9 Å². The van der Waals surface area contributed by atoms with Gasteiger partial charge in [-0.25, -0.2) is 0 Å². The molecule has 0 N–H and O–H groups in total. The Kier molecular flexibility index (Phi) is 12.4. The third kappa shape index (κ3) is 8.74. The van der Waals surface area contributed by atoms with E-state index in [2.05, 4.69) is 382 Å². The molecule has 0 unspecified atom stereocenters. The van der Waals surface area contributed by atoms with Crippen LogP contribution in [-0.2, 0) is 0 Å². The first-order valence-corrected chi connectivity index (χ1v) is 34.5. The fourth-order valence-corrected chi connectivity index (χ4v) is 16.6. The number of nitrogens with zero attached hydrogens (tertiary/aromatic N) is 4. The van der Waals surface area contributed by atoms with E-state index in [4.69, 9.17) is 0 Å². The van der Waals surface area contributed by atoms with Crippen LogP contribution in [0.15, 0.2) is 364 Å². The zero-order valence-corrected chi connectivity index (χ0v) is 54.4. The zero-order chi connectivity index (χ0) is 65.5. The van der Waals surface area contributed by atoms with E-state index in [1.807, 2.05) is 0 Å². The molecule has 0 spiro atoms. The van der Waals surface area contributed by atoms with Crippen molar-refractivity contribution >= 4 is 104 Å². The molecule has 21 rings (SSSR count). The lowest BCUT2D eigenvalue weighted by Gasteiger charge is -2.12. The fourth-order valence-electron chi connectivity index (χ4n) is 16.6. The van der Waals surface area contributed by atoms with Gasteiger partial charge >= 0.3 is 0 Å². The highest BCUT2D eigenvalue weighted by Gasteiger charge is 2.21. The lowest BCUT2D eigenvalue weighted by molar-refractivity contribution is 1.18. The average Bonchev–Trinajstić information content (AvgIpc) is 1.55. The van der Waals surface area contributed by atoms with Gasteiger partial charge in [-0.15, -0.1) is 0 Å². The Labute approximate surface area is 576 Å². The molecule has 4 heteroatoms. The first kappa shape index (κ1) is 55.9. The van der Waals surface area contributed by atoms with Crippen molar-refractivity contribution in [2.75, 3.05) is 0 Å². The number of rotatable bonds is 10. The van der Waals surface area contributed by atoms with Gasteiger partial charge in [-0.05, 0) is 193 Å². The normalized spacial score (nSPS) is 12.0. The van der Waals surface area contributed by atoms with Crippen LogP contribution in [-0.4, -0.2) is 18.1 Å². The molecule has 0 amide bonds. The second-order valence-corrected chi connectivity index (χ2v) is 26.8. The fraction of sp³-hybridized carbons (Fsp3) is 0. The second-order valence-electron chi connectivity index (χ2n) is 26.8. The predicted molar refractivity (Wildman–Crippen MR) is 422 cm³/mol. The summed E-state index contributed by atoms with van der Waals surface area (Å²) in [6, 6.07) is 135. The molecule has 4 nitrogen and oxygen atoms in total. The summed E-state index contributed by atoms with van der Waals surface area (Å²) >= 11 is 0. The molecule has 0 saturated heterocycles. The Balaban J connectivity index is 0.552. The van der Waals surface area contributed by atoms with Gasteiger partial charge in [-0.2, -0.15) is 0 Å². The summed E-state index contributed by atoms with van der Waals surface area (Å²) in [5.74, 6) is 0. The van der Waals surface area contributed by atoms with E-state index in [1.165, 1.54) is 181 Å². The second kappa shape index (κ2) is 22.1. The maximum absolute atomic E-state index is 2.45. The number of aromatic nitrogens is 4. The van der Waals surface area contributed by atoms with Crippen LogP contribution in [0.3, 0.4) is 0 Å². The molecule has 16 aromatic carbocycles. The predicted octanol–water partition coefficient (Wildman–Crippen LogP) is 25.8. The van der Waals surface area contributed by atoms with Gasteiger partial charge in [0.25, 0.3) is 0 Å². The molecule has 0 fully saturated rings. The maximum atomic E-state index is 2.45. The summed E-state index contributed by atoms with van der Waals surface area (Å²) in [5, 5.41) is 12.6. The monoisotopic (exact) mass is 1270 g/mol.